The summed E-state index contributed by atoms with van der Waals surface area (Å²) in [5, 5.41) is 0. The summed E-state index contributed by atoms with van der Waals surface area (Å²) in [6.07, 6.45) is 0. The average molecular weight is 271 g/mol. The van der Waals surface area contributed by atoms with Gasteiger partial charge in [0.25, 0.3) is 0 Å². The Kier molecular flexibility index (Phi) is 6.25. The van der Waals surface area contributed by atoms with Crippen molar-refractivity contribution in [2.75, 3.05) is 0 Å². The SMILES string of the molecule is Br.CC(N)=NC(c1ccccc1)C(C)C. The van der Waals surface area contributed by atoms with Gasteiger partial charge in [-0.1, -0.05) is 44.2 Å². The molecule has 2 N–H and O–H groups in total. The Hall–Kier alpha value is -0.830. The number of hydrogen-bond donors (Lipinski definition) is 1. The lowest BCUT2D eigenvalue weighted by Crippen LogP contribution is -2.12. The smallest absolute Gasteiger partial charge is 0.0913 e. The highest BCUT2D eigenvalue weighted by molar-refractivity contribution is 8.93. The number of amidine groups is 1. The van der Waals surface area contributed by atoms with Gasteiger partial charge in [0.1, 0.15) is 0 Å². The fourth-order valence-electron chi connectivity index (χ4n) is 1.48. The van der Waals surface area contributed by atoms with Crippen LogP contribution in [-0.4, -0.2) is 5.84 Å². The number of nitrogens with two attached hydrogens (primary N) is 1. The van der Waals surface area contributed by atoms with Gasteiger partial charge in [0, 0.05) is 0 Å². The van der Waals surface area contributed by atoms with Crippen molar-refractivity contribution >= 4 is 22.8 Å². The van der Waals surface area contributed by atoms with Crippen LogP contribution < -0.4 is 5.73 Å². The zero-order valence-corrected chi connectivity index (χ0v) is 11.2. The van der Waals surface area contributed by atoms with Crippen LogP contribution in [0.3, 0.4) is 0 Å². The normalized spacial score (nSPS) is 13.5. The number of hydrogen-bond acceptors (Lipinski definition) is 1. The molecule has 3 heteroatoms. The van der Waals surface area contributed by atoms with Gasteiger partial charge in [-0.3, -0.25) is 4.99 Å². The minimum Gasteiger partial charge on any atom is -0.388 e. The first-order chi connectivity index (χ1) is 6.61. The topological polar surface area (TPSA) is 38.4 Å². The molecule has 0 saturated carbocycles. The summed E-state index contributed by atoms with van der Waals surface area (Å²) in [6.45, 7) is 6.15. The van der Waals surface area contributed by atoms with Gasteiger partial charge >= 0.3 is 0 Å². The van der Waals surface area contributed by atoms with E-state index in [0.717, 1.165) is 0 Å². The van der Waals surface area contributed by atoms with E-state index >= 15 is 0 Å². The van der Waals surface area contributed by atoms with E-state index in [4.69, 9.17) is 5.73 Å². The molecule has 0 aromatic heterocycles. The minimum atomic E-state index is 0. The zero-order valence-electron chi connectivity index (χ0n) is 9.47. The number of aliphatic imine (C=N–C) groups is 1. The van der Waals surface area contributed by atoms with E-state index < -0.39 is 0 Å². The van der Waals surface area contributed by atoms with Crippen LogP contribution in [0.4, 0.5) is 0 Å². The van der Waals surface area contributed by atoms with Crippen molar-refractivity contribution in [3.05, 3.63) is 35.9 Å². The van der Waals surface area contributed by atoms with Crippen molar-refractivity contribution in [3.63, 3.8) is 0 Å². The molecule has 0 saturated heterocycles. The van der Waals surface area contributed by atoms with E-state index in [9.17, 15) is 0 Å². The second-order valence-corrected chi connectivity index (χ2v) is 3.87. The summed E-state index contributed by atoms with van der Waals surface area (Å²) in [4.78, 5) is 4.44. The molecule has 2 nitrogen and oxygen atoms in total. The molecule has 0 radical (unpaired) electrons. The predicted molar refractivity (Wildman–Crippen MR) is 71.6 cm³/mol. The van der Waals surface area contributed by atoms with Crippen LogP contribution in [0.5, 0.6) is 0 Å². The minimum absolute atomic E-state index is 0. The van der Waals surface area contributed by atoms with E-state index in [2.05, 4.69) is 31.0 Å². The fourth-order valence-corrected chi connectivity index (χ4v) is 1.48. The monoisotopic (exact) mass is 270 g/mol. The van der Waals surface area contributed by atoms with Crippen LogP contribution in [0.15, 0.2) is 35.3 Å². The molecular formula is C12H19BrN2. The first-order valence-corrected chi connectivity index (χ1v) is 4.96. The van der Waals surface area contributed by atoms with Crippen molar-refractivity contribution in [2.45, 2.75) is 26.8 Å². The molecule has 84 valence electrons. The van der Waals surface area contributed by atoms with Gasteiger partial charge in [0.05, 0.1) is 11.9 Å². The quantitative estimate of drug-likeness (QED) is 0.664. The van der Waals surface area contributed by atoms with Gasteiger partial charge in [-0.2, -0.15) is 0 Å². The van der Waals surface area contributed by atoms with E-state index in [1.54, 1.807) is 0 Å². The van der Waals surface area contributed by atoms with Crippen molar-refractivity contribution < 1.29 is 0 Å². The molecule has 1 atom stereocenters. The Labute approximate surface area is 102 Å². The van der Waals surface area contributed by atoms with Gasteiger partial charge in [-0.15, -0.1) is 17.0 Å². The molecule has 0 aliphatic carbocycles. The second-order valence-electron chi connectivity index (χ2n) is 3.87. The van der Waals surface area contributed by atoms with Crippen LogP contribution in [0.25, 0.3) is 0 Å². The first kappa shape index (κ1) is 14.2. The molecule has 1 unspecified atom stereocenters. The molecule has 0 bridgehead atoms. The highest BCUT2D eigenvalue weighted by Crippen LogP contribution is 2.25. The average Bonchev–Trinajstić information content (AvgIpc) is 2.15. The number of nitrogens with zero attached hydrogens (tertiary/aromatic N) is 1. The third kappa shape index (κ3) is 4.47. The van der Waals surface area contributed by atoms with Gasteiger partial charge in [-0.05, 0) is 18.4 Å². The highest BCUT2D eigenvalue weighted by atomic mass is 79.9. The Bertz CT molecular complexity index is 303. The highest BCUT2D eigenvalue weighted by Gasteiger charge is 2.13. The lowest BCUT2D eigenvalue weighted by Gasteiger charge is -2.17. The maximum atomic E-state index is 5.62. The molecule has 0 aliphatic heterocycles. The van der Waals surface area contributed by atoms with Gasteiger partial charge in [0.15, 0.2) is 0 Å². The molecule has 0 aliphatic rings. The molecule has 0 fully saturated rings. The second kappa shape index (κ2) is 6.62. The van der Waals surface area contributed by atoms with Crippen LogP contribution >= 0.6 is 17.0 Å². The van der Waals surface area contributed by atoms with Crippen LogP contribution in [0.1, 0.15) is 32.4 Å². The lowest BCUT2D eigenvalue weighted by atomic mass is 9.97. The van der Waals surface area contributed by atoms with Gasteiger partial charge < -0.3 is 5.73 Å². The third-order valence-electron chi connectivity index (χ3n) is 2.12. The molecule has 1 aromatic rings. The molecule has 1 aromatic carbocycles. The predicted octanol–water partition coefficient (Wildman–Crippen LogP) is 3.34. The summed E-state index contributed by atoms with van der Waals surface area (Å²) in [5.74, 6) is 1.11. The molecule has 1 rings (SSSR count). The van der Waals surface area contributed by atoms with Crippen molar-refractivity contribution in [2.24, 2.45) is 16.6 Å². The van der Waals surface area contributed by atoms with Gasteiger partial charge in [0.2, 0.25) is 0 Å². The fraction of sp³-hybridized carbons (Fsp3) is 0.417. The van der Waals surface area contributed by atoms with Crippen molar-refractivity contribution in [1.29, 1.82) is 0 Å². The first-order valence-electron chi connectivity index (χ1n) is 4.96. The summed E-state index contributed by atoms with van der Waals surface area (Å²) in [5.41, 5.74) is 6.85. The van der Waals surface area contributed by atoms with Crippen LogP contribution in [-0.2, 0) is 0 Å². The van der Waals surface area contributed by atoms with Crippen LogP contribution in [0, 0.1) is 5.92 Å². The largest absolute Gasteiger partial charge is 0.388 e. The Morgan fingerprint density at radius 2 is 1.73 bits per heavy atom. The molecular weight excluding hydrogens is 252 g/mol. The summed E-state index contributed by atoms with van der Waals surface area (Å²) < 4.78 is 0. The number of benzene rings is 1. The Morgan fingerprint density at radius 1 is 1.20 bits per heavy atom. The summed E-state index contributed by atoms with van der Waals surface area (Å²) in [6, 6.07) is 10.5. The number of rotatable bonds is 3. The Morgan fingerprint density at radius 3 is 2.13 bits per heavy atom. The molecule has 0 heterocycles. The van der Waals surface area contributed by atoms with E-state index in [1.807, 2.05) is 25.1 Å². The standard InChI is InChI=1S/C12H18N2.BrH/c1-9(2)12(14-10(3)13)11-7-5-4-6-8-11;/h4-9,12H,1-3H3,(H2,13,14);1H. The van der Waals surface area contributed by atoms with Crippen LogP contribution in [0.2, 0.25) is 0 Å². The molecule has 0 spiro atoms. The molecule has 0 amide bonds. The summed E-state index contributed by atoms with van der Waals surface area (Å²) >= 11 is 0. The van der Waals surface area contributed by atoms with E-state index in [1.165, 1.54) is 5.56 Å². The third-order valence-corrected chi connectivity index (χ3v) is 2.12. The lowest BCUT2D eigenvalue weighted by molar-refractivity contribution is 0.516. The van der Waals surface area contributed by atoms with Gasteiger partial charge in [-0.25, -0.2) is 0 Å². The Balaban J connectivity index is 0.00000196. The van der Waals surface area contributed by atoms with Crippen molar-refractivity contribution in [1.82, 2.24) is 0 Å². The maximum absolute atomic E-state index is 5.62. The molecule has 15 heavy (non-hydrogen) atoms. The maximum Gasteiger partial charge on any atom is 0.0913 e. The zero-order chi connectivity index (χ0) is 10.6. The van der Waals surface area contributed by atoms with E-state index in [-0.39, 0.29) is 23.0 Å². The van der Waals surface area contributed by atoms with E-state index in [0.29, 0.717) is 11.8 Å². The number of halogens is 1. The summed E-state index contributed by atoms with van der Waals surface area (Å²) in [7, 11) is 0. The van der Waals surface area contributed by atoms with Crippen molar-refractivity contribution in [3.8, 4) is 0 Å².